The molecule has 0 spiro atoms. The number of hydrogen-bond acceptors (Lipinski definition) is 6. The molecule has 0 aliphatic heterocycles. The van der Waals surface area contributed by atoms with Crippen molar-refractivity contribution in [2.24, 2.45) is 5.92 Å². The van der Waals surface area contributed by atoms with Gasteiger partial charge >= 0.3 is 5.97 Å². The summed E-state index contributed by atoms with van der Waals surface area (Å²) in [5.74, 6) is 0.384. The fourth-order valence-electron chi connectivity index (χ4n) is 3.15. The summed E-state index contributed by atoms with van der Waals surface area (Å²) in [7, 11) is 0. The van der Waals surface area contributed by atoms with Gasteiger partial charge in [0.15, 0.2) is 11.9 Å². The van der Waals surface area contributed by atoms with Gasteiger partial charge in [0.1, 0.15) is 4.83 Å². The number of aromatic amines is 1. The van der Waals surface area contributed by atoms with E-state index < -0.39 is 6.10 Å². The number of allylic oxidation sites excluding steroid dienone is 2. The molecule has 0 saturated heterocycles. The topological polar surface area (TPSA) is 72.0 Å². The summed E-state index contributed by atoms with van der Waals surface area (Å²) in [4.78, 5) is 33.8. The van der Waals surface area contributed by atoms with Gasteiger partial charge in [0, 0.05) is 15.8 Å². The van der Waals surface area contributed by atoms with Crippen LogP contribution in [0.3, 0.4) is 0 Å². The average molecular weight is 386 g/mol. The number of nitrogens with one attached hydrogen (secondary N) is 1. The van der Waals surface area contributed by atoms with Crippen molar-refractivity contribution in [2.75, 3.05) is 0 Å². The number of hydrogen-bond donors (Lipinski definition) is 1. The first kappa shape index (κ1) is 17.2. The second-order valence-corrected chi connectivity index (χ2v) is 8.17. The van der Waals surface area contributed by atoms with E-state index in [1.807, 2.05) is 22.9 Å². The van der Waals surface area contributed by atoms with Gasteiger partial charge < -0.3 is 9.72 Å². The molecule has 0 amide bonds. The molecule has 4 rings (SSSR count). The predicted octanol–water partition coefficient (Wildman–Crippen LogP) is 4.67. The minimum atomic E-state index is -0.586. The number of nitrogens with zero attached hydrogens (tertiary/aromatic N) is 1. The summed E-state index contributed by atoms with van der Waals surface area (Å²) in [6.07, 6.45) is 5.95. The summed E-state index contributed by atoms with van der Waals surface area (Å²) in [5.41, 5.74) is 0.703. The number of esters is 1. The van der Waals surface area contributed by atoms with Crippen LogP contribution >= 0.6 is 22.7 Å². The van der Waals surface area contributed by atoms with E-state index >= 15 is 0 Å². The van der Waals surface area contributed by atoms with Crippen molar-refractivity contribution < 1.29 is 9.53 Å². The van der Waals surface area contributed by atoms with Gasteiger partial charge in [-0.1, -0.05) is 18.2 Å². The van der Waals surface area contributed by atoms with Crippen LogP contribution in [0.25, 0.3) is 20.7 Å². The van der Waals surface area contributed by atoms with E-state index in [9.17, 15) is 9.59 Å². The molecule has 0 saturated carbocycles. The zero-order valence-corrected chi connectivity index (χ0v) is 15.9. The Balaban J connectivity index is 1.56. The quantitative estimate of drug-likeness (QED) is 0.511. The van der Waals surface area contributed by atoms with Gasteiger partial charge in [-0.15, -0.1) is 22.7 Å². The maximum absolute atomic E-state index is 12.6. The zero-order valence-electron chi connectivity index (χ0n) is 14.2. The molecule has 1 aliphatic carbocycles. The van der Waals surface area contributed by atoms with Crippen LogP contribution in [0.1, 0.15) is 38.1 Å². The van der Waals surface area contributed by atoms with Crippen LogP contribution in [0.15, 0.2) is 39.8 Å². The van der Waals surface area contributed by atoms with Crippen LogP contribution in [-0.2, 0) is 9.53 Å². The van der Waals surface area contributed by atoms with Crippen molar-refractivity contribution in [2.45, 2.75) is 32.3 Å². The van der Waals surface area contributed by atoms with Crippen molar-refractivity contribution in [1.82, 2.24) is 9.97 Å². The molecule has 1 N–H and O–H groups in total. The maximum atomic E-state index is 12.6. The van der Waals surface area contributed by atoms with Crippen molar-refractivity contribution >= 4 is 38.9 Å². The molecular weight excluding hydrogens is 368 g/mol. The molecule has 134 valence electrons. The number of thiophene rings is 2. The third-order valence-electron chi connectivity index (χ3n) is 4.48. The van der Waals surface area contributed by atoms with Crippen LogP contribution in [-0.4, -0.2) is 15.9 Å². The molecule has 0 bridgehead atoms. The van der Waals surface area contributed by atoms with Crippen LogP contribution in [0.2, 0.25) is 0 Å². The van der Waals surface area contributed by atoms with Crippen molar-refractivity contribution in [3.63, 3.8) is 0 Å². The van der Waals surface area contributed by atoms with Gasteiger partial charge in [-0.2, -0.15) is 0 Å². The highest BCUT2D eigenvalue weighted by Gasteiger charge is 2.21. The Labute approximate surface area is 158 Å². The standard InChI is InChI=1S/C19H18N2O3S2/c1-11(24-15(22)9-12-5-2-3-6-12)17-20-18(23)16-13(10-26-19(16)21-17)14-7-4-8-25-14/h2,4-5,7-8,10-12H,3,6,9H2,1H3,(H,20,21,23)/t11-,12+/m1/s1. The Kier molecular flexibility index (Phi) is 4.74. The molecule has 3 aromatic heterocycles. The van der Waals surface area contributed by atoms with Gasteiger partial charge in [-0.05, 0) is 37.1 Å². The second-order valence-electron chi connectivity index (χ2n) is 6.36. The second kappa shape index (κ2) is 7.17. The van der Waals surface area contributed by atoms with Crippen LogP contribution < -0.4 is 5.56 Å². The maximum Gasteiger partial charge on any atom is 0.307 e. The van der Waals surface area contributed by atoms with E-state index in [-0.39, 0.29) is 17.4 Å². The molecular formula is C19H18N2O3S2. The molecule has 1 aliphatic rings. The molecule has 26 heavy (non-hydrogen) atoms. The highest BCUT2D eigenvalue weighted by Crippen LogP contribution is 2.34. The third-order valence-corrected chi connectivity index (χ3v) is 6.26. The summed E-state index contributed by atoms with van der Waals surface area (Å²) in [6, 6.07) is 3.95. The Hall–Kier alpha value is -2.25. The SMILES string of the molecule is C[C@@H](OC(=O)C[C@H]1C=CCC1)c1nc2scc(-c3cccs3)c2c(=O)[nH]1. The molecule has 5 nitrogen and oxygen atoms in total. The van der Waals surface area contributed by atoms with E-state index in [0.717, 1.165) is 23.3 Å². The van der Waals surface area contributed by atoms with Gasteiger partial charge in [-0.3, -0.25) is 9.59 Å². The predicted molar refractivity (Wildman–Crippen MR) is 105 cm³/mol. The van der Waals surface area contributed by atoms with Crippen LogP contribution in [0, 0.1) is 5.92 Å². The first-order chi connectivity index (χ1) is 12.6. The fraction of sp³-hybridized carbons (Fsp3) is 0.316. The van der Waals surface area contributed by atoms with Crippen molar-refractivity contribution in [3.8, 4) is 10.4 Å². The normalized spacial score (nSPS) is 17.7. The minimum Gasteiger partial charge on any atom is -0.454 e. The van der Waals surface area contributed by atoms with Gasteiger partial charge in [0.05, 0.1) is 11.8 Å². The molecule has 0 unspecified atom stereocenters. The molecule has 3 aromatic rings. The number of fused-ring (bicyclic) bond motifs is 1. The lowest BCUT2D eigenvalue weighted by atomic mass is 10.1. The number of ether oxygens (including phenoxy) is 1. The van der Waals surface area contributed by atoms with Crippen molar-refractivity contribution in [1.29, 1.82) is 0 Å². The molecule has 0 aromatic carbocycles. The number of rotatable bonds is 5. The number of H-pyrrole nitrogens is 1. The average Bonchev–Trinajstić information content (AvgIpc) is 3.35. The van der Waals surface area contributed by atoms with Gasteiger partial charge in [-0.25, -0.2) is 4.98 Å². The summed E-state index contributed by atoms with van der Waals surface area (Å²) in [5, 5.41) is 4.53. The number of carbonyl (C=O) groups excluding carboxylic acids is 1. The third kappa shape index (κ3) is 3.37. The highest BCUT2D eigenvalue weighted by molar-refractivity contribution is 7.18. The Morgan fingerprint density at radius 2 is 2.35 bits per heavy atom. The molecule has 3 heterocycles. The summed E-state index contributed by atoms with van der Waals surface area (Å²) < 4.78 is 5.48. The van der Waals surface area contributed by atoms with Gasteiger partial charge in [0.2, 0.25) is 0 Å². The van der Waals surface area contributed by atoms with E-state index in [0.29, 0.717) is 22.5 Å². The van der Waals surface area contributed by atoms with Crippen molar-refractivity contribution in [3.05, 3.63) is 51.2 Å². The first-order valence-corrected chi connectivity index (χ1v) is 10.3. The summed E-state index contributed by atoms with van der Waals surface area (Å²) in [6.45, 7) is 1.74. The molecule has 0 radical (unpaired) electrons. The monoisotopic (exact) mass is 386 g/mol. The summed E-state index contributed by atoms with van der Waals surface area (Å²) >= 11 is 3.02. The Morgan fingerprint density at radius 3 is 3.08 bits per heavy atom. The van der Waals surface area contributed by atoms with Crippen LogP contribution in [0.5, 0.6) is 0 Å². The number of aromatic nitrogens is 2. The lowest BCUT2D eigenvalue weighted by Gasteiger charge is -2.14. The van der Waals surface area contributed by atoms with Gasteiger partial charge in [0.25, 0.3) is 5.56 Å². The first-order valence-electron chi connectivity index (χ1n) is 8.53. The highest BCUT2D eigenvalue weighted by atomic mass is 32.1. The fourth-order valence-corrected chi connectivity index (χ4v) is 4.92. The van der Waals surface area contributed by atoms with E-state index in [4.69, 9.17) is 4.74 Å². The Bertz CT molecular complexity index is 1020. The molecule has 7 heteroatoms. The minimum absolute atomic E-state index is 0.198. The smallest absolute Gasteiger partial charge is 0.307 e. The molecule has 2 atom stereocenters. The Morgan fingerprint density at radius 1 is 1.46 bits per heavy atom. The van der Waals surface area contributed by atoms with Crippen LogP contribution in [0.4, 0.5) is 0 Å². The largest absolute Gasteiger partial charge is 0.454 e. The van der Waals surface area contributed by atoms with E-state index in [1.54, 1.807) is 18.3 Å². The lowest BCUT2D eigenvalue weighted by Crippen LogP contribution is -2.18. The number of carbonyl (C=O) groups is 1. The van der Waals surface area contributed by atoms with E-state index in [1.165, 1.54) is 11.3 Å². The zero-order chi connectivity index (χ0) is 18.1. The molecule has 0 fully saturated rings. The lowest BCUT2D eigenvalue weighted by molar-refractivity contribution is -0.149. The van der Waals surface area contributed by atoms with E-state index in [2.05, 4.69) is 22.1 Å².